The van der Waals surface area contributed by atoms with Crippen molar-refractivity contribution in [2.45, 2.75) is 6.61 Å². The second kappa shape index (κ2) is 5.25. The lowest BCUT2D eigenvalue weighted by molar-refractivity contribution is 0.281. The largest absolute Gasteiger partial charge is 0.486 e. The Kier molecular flexibility index (Phi) is 4.26. The Morgan fingerprint density at radius 3 is 2.36 bits per heavy atom. The zero-order valence-corrected chi connectivity index (χ0v) is 8.98. The third kappa shape index (κ3) is 2.64. The molecule has 0 spiro atoms. The lowest BCUT2D eigenvalue weighted by Crippen LogP contribution is -1.95. The van der Waals surface area contributed by atoms with Crippen LogP contribution < -0.4 is 4.74 Å². The van der Waals surface area contributed by atoms with Crippen LogP contribution in [0.1, 0.15) is 5.56 Å². The molecule has 0 saturated carbocycles. The van der Waals surface area contributed by atoms with Gasteiger partial charge in [-0.1, -0.05) is 35.9 Å². The molecule has 4 heteroatoms. The van der Waals surface area contributed by atoms with Gasteiger partial charge in [0.2, 0.25) is 0 Å². The van der Waals surface area contributed by atoms with Gasteiger partial charge in [-0.2, -0.15) is 0 Å². The average Bonchev–Trinajstić information content (AvgIpc) is 2.16. The molecule has 1 aromatic carbocycles. The summed E-state index contributed by atoms with van der Waals surface area (Å²) in [5, 5.41) is 9.66. The van der Waals surface area contributed by atoms with E-state index in [0.717, 1.165) is 0 Å². The summed E-state index contributed by atoms with van der Waals surface area (Å²) >= 11 is 11.8. The highest BCUT2D eigenvalue weighted by molar-refractivity contribution is 6.37. The van der Waals surface area contributed by atoms with E-state index < -0.39 is 0 Å². The van der Waals surface area contributed by atoms with Crippen LogP contribution in [0.25, 0.3) is 0 Å². The summed E-state index contributed by atoms with van der Waals surface area (Å²) in [5.74, 6) is 0.422. The van der Waals surface area contributed by atoms with E-state index >= 15 is 0 Å². The van der Waals surface area contributed by atoms with Crippen molar-refractivity contribution >= 4 is 23.2 Å². The minimum absolute atomic E-state index is 0.0961. The lowest BCUT2D eigenvalue weighted by atomic mass is 10.2. The fourth-order valence-corrected chi connectivity index (χ4v) is 1.63. The monoisotopic (exact) mass is 232 g/mol. The summed E-state index contributed by atoms with van der Waals surface area (Å²) in [4.78, 5) is 0. The van der Waals surface area contributed by atoms with Crippen molar-refractivity contribution in [1.29, 1.82) is 0 Å². The summed E-state index contributed by atoms with van der Waals surface area (Å²) in [6, 6.07) is 3.23. The molecule has 0 bridgehead atoms. The van der Waals surface area contributed by atoms with Gasteiger partial charge in [0.1, 0.15) is 6.61 Å². The summed E-state index contributed by atoms with van der Waals surface area (Å²) < 4.78 is 5.25. The first-order chi connectivity index (χ1) is 6.69. The number of hydrogen-bond acceptors (Lipinski definition) is 2. The SMILES string of the molecule is C=CCOc1c(Cl)cc(CO)cc1Cl. The van der Waals surface area contributed by atoms with Crippen molar-refractivity contribution in [2.24, 2.45) is 0 Å². The summed E-state index contributed by atoms with van der Waals surface area (Å²) in [6.45, 7) is 3.77. The molecule has 1 N–H and O–H groups in total. The van der Waals surface area contributed by atoms with Gasteiger partial charge >= 0.3 is 0 Å². The molecule has 0 saturated heterocycles. The van der Waals surface area contributed by atoms with Crippen LogP contribution in [0, 0.1) is 0 Å². The van der Waals surface area contributed by atoms with Crippen molar-refractivity contribution in [3.05, 3.63) is 40.4 Å². The fourth-order valence-electron chi connectivity index (χ4n) is 0.984. The van der Waals surface area contributed by atoms with E-state index in [2.05, 4.69) is 6.58 Å². The third-order valence-corrected chi connectivity index (χ3v) is 2.15. The van der Waals surface area contributed by atoms with Gasteiger partial charge in [0.15, 0.2) is 5.75 Å². The number of aliphatic hydroxyl groups is 1. The Morgan fingerprint density at radius 1 is 1.36 bits per heavy atom. The van der Waals surface area contributed by atoms with Crippen LogP contribution in [0.3, 0.4) is 0 Å². The second-order valence-corrected chi connectivity index (χ2v) is 3.46. The highest BCUT2D eigenvalue weighted by Gasteiger charge is 2.08. The van der Waals surface area contributed by atoms with Crippen molar-refractivity contribution < 1.29 is 9.84 Å². The van der Waals surface area contributed by atoms with Gasteiger partial charge in [-0.25, -0.2) is 0 Å². The predicted octanol–water partition coefficient (Wildman–Crippen LogP) is 3.05. The zero-order chi connectivity index (χ0) is 10.6. The maximum atomic E-state index is 8.88. The van der Waals surface area contributed by atoms with Gasteiger partial charge in [-0.05, 0) is 17.7 Å². The van der Waals surface area contributed by atoms with Crippen molar-refractivity contribution in [2.75, 3.05) is 6.61 Å². The van der Waals surface area contributed by atoms with Crippen molar-refractivity contribution in [3.63, 3.8) is 0 Å². The highest BCUT2D eigenvalue weighted by atomic mass is 35.5. The molecule has 0 heterocycles. The standard InChI is InChI=1S/C10H10Cl2O2/c1-2-3-14-10-8(11)4-7(6-13)5-9(10)12/h2,4-5,13H,1,3,6H2. The number of benzene rings is 1. The van der Waals surface area contributed by atoms with Crippen LogP contribution in [0.4, 0.5) is 0 Å². The van der Waals surface area contributed by atoms with E-state index in [1.807, 2.05) is 0 Å². The van der Waals surface area contributed by atoms with E-state index in [1.54, 1.807) is 18.2 Å². The highest BCUT2D eigenvalue weighted by Crippen LogP contribution is 2.34. The minimum Gasteiger partial charge on any atom is -0.486 e. The molecular weight excluding hydrogens is 223 g/mol. The zero-order valence-electron chi connectivity index (χ0n) is 7.46. The Bertz CT molecular complexity index is 314. The minimum atomic E-state index is -0.0961. The summed E-state index contributed by atoms with van der Waals surface area (Å²) in [7, 11) is 0. The molecule has 0 aliphatic carbocycles. The number of aliphatic hydroxyl groups excluding tert-OH is 1. The number of ether oxygens (including phenoxy) is 1. The molecule has 76 valence electrons. The molecule has 14 heavy (non-hydrogen) atoms. The topological polar surface area (TPSA) is 29.5 Å². The smallest absolute Gasteiger partial charge is 0.156 e. The van der Waals surface area contributed by atoms with E-state index in [9.17, 15) is 0 Å². The normalized spacial score (nSPS) is 9.93. The maximum absolute atomic E-state index is 8.88. The van der Waals surface area contributed by atoms with Crippen LogP contribution in [-0.4, -0.2) is 11.7 Å². The van der Waals surface area contributed by atoms with Gasteiger partial charge < -0.3 is 9.84 Å². The Hall–Kier alpha value is -0.700. The molecule has 0 fully saturated rings. The summed E-state index contributed by atoms with van der Waals surface area (Å²) in [5.41, 5.74) is 0.658. The van der Waals surface area contributed by atoms with Gasteiger partial charge in [0.05, 0.1) is 16.7 Å². The number of hydrogen-bond donors (Lipinski definition) is 1. The quantitative estimate of drug-likeness (QED) is 0.810. The predicted molar refractivity (Wildman–Crippen MR) is 58.1 cm³/mol. The summed E-state index contributed by atoms with van der Waals surface area (Å²) in [6.07, 6.45) is 1.60. The average molecular weight is 233 g/mol. The van der Waals surface area contributed by atoms with Gasteiger partial charge in [0.25, 0.3) is 0 Å². The van der Waals surface area contributed by atoms with E-state index in [1.165, 1.54) is 0 Å². The molecule has 0 radical (unpaired) electrons. The Labute approximate surface area is 92.7 Å². The van der Waals surface area contributed by atoms with Gasteiger partial charge in [0, 0.05) is 0 Å². The second-order valence-electron chi connectivity index (χ2n) is 2.65. The molecule has 0 amide bonds. The Balaban J connectivity index is 2.98. The van der Waals surface area contributed by atoms with Crippen LogP contribution in [0.15, 0.2) is 24.8 Å². The molecule has 0 aliphatic heterocycles. The lowest BCUT2D eigenvalue weighted by Gasteiger charge is -2.09. The van der Waals surface area contributed by atoms with Gasteiger partial charge in [-0.3, -0.25) is 0 Å². The van der Waals surface area contributed by atoms with Crippen LogP contribution in [-0.2, 0) is 6.61 Å². The fraction of sp³-hybridized carbons (Fsp3) is 0.200. The number of halogens is 2. The molecule has 0 aliphatic rings. The van der Waals surface area contributed by atoms with Gasteiger partial charge in [-0.15, -0.1) is 0 Å². The van der Waals surface area contributed by atoms with E-state index in [4.69, 9.17) is 33.0 Å². The first-order valence-electron chi connectivity index (χ1n) is 4.01. The van der Waals surface area contributed by atoms with Crippen molar-refractivity contribution in [3.8, 4) is 5.75 Å². The molecule has 0 atom stereocenters. The van der Waals surface area contributed by atoms with Crippen LogP contribution in [0.2, 0.25) is 10.0 Å². The number of rotatable bonds is 4. The van der Waals surface area contributed by atoms with Crippen LogP contribution >= 0.6 is 23.2 Å². The maximum Gasteiger partial charge on any atom is 0.156 e. The van der Waals surface area contributed by atoms with Crippen LogP contribution in [0.5, 0.6) is 5.75 Å². The first-order valence-corrected chi connectivity index (χ1v) is 4.77. The molecule has 1 aromatic rings. The van der Waals surface area contributed by atoms with Crippen molar-refractivity contribution in [1.82, 2.24) is 0 Å². The molecule has 0 aromatic heterocycles. The third-order valence-electron chi connectivity index (χ3n) is 1.59. The van der Waals surface area contributed by atoms with E-state index in [0.29, 0.717) is 28.0 Å². The molecular formula is C10H10Cl2O2. The Morgan fingerprint density at radius 2 is 1.93 bits per heavy atom. The first kappa shape index (κ1) is 11.4. The molecule has 0 unspecified atom stereocenters. The molecule has 2 nitrogen and oxygen atoms in total. The van der Waals surface area contributed by atoms with E-state index in [-0.39, 0.29) is 6.61 Å². The molecule has 1 rings (SSSR count).